The van der Waals surface area contributed by atoms with Crippen LogP contribution in [0.2, 0.25) is 0 Å². The fourth-order valence-corrected chi connectivity index (χ4v) is 7.59. The van der Waals surface area contributed by atoms with Crippen molar-refractivity contribution in [3.63, 3.8) is 0 Å². The van der Waals surface area contributed by atoms with Crippen LogP contribution in [0.5, 0.6) is 23.0 Å². The number of aromatic hydroxyl groups is 1. The second-order valence-corrected chi connectivity index (χ2v) is 13.9. The number of carbonyl (C=O) groups excluding carboxylic acids is 3. The quantitative estimate of drug-likeness (QED) is 0.1000. The molecule has 3 heterocycles. The third-order valence-electron chi connectivity index (χ3n) is 8.62. The minimum atomic E-state index is -0.608. The summed E-state index contributed by atoms with van der Waals surface area (Å²) in [5.74, 6) is 1.49. The number of piperidine rings is 1. The van der Waals surface area contributed by atoms with E-state index in [9.17, 15) is 19.5 Å². The van der Waals surface area contributed by atoms with Gasteiger partial charge in [0.25, 0.3) is 5.91 Å². The smallest absolute Gasteiger partial charge is 0.255 e. The Hall–Kier alpha value is -4.71. The van der Waals surface area contributed by atoms with Crippen LogP contribution in [0.3, 0.4) is 0 Å². The molecular formula is C38H33BrN2O7S. The van der Waals surface area contributed by atoms with E-state index < -0.39 is 11.9 Å². The minimum absolute atomic E-state index is 0.162. The minimum Gasteiger partial charge on any atom is -0.508 e. The molecule has 0 aliphatic carbocycles. The van der Waals surface area contributed by atoms with Crippen LogP contribution in [0.1, 0.15) is 40.7 Å². The normalized spacial score (nSPS) is 15.8. The van der Waals surface area contributed by atoms with Crippen LogP contribution >= 0.6 is 27.3 Å². The standard InChI is InChI=1S/C38H33BrN2O7S/c39-26-6-4-24(5-7-26)36-35(31-14-8-27(42)21-33(31)49-36)48-29-11-9-28(10-12-29)47-19-18-46-17-1-2-23-3-13-30-25(20-23)22-41(38(30)45)32-15-16-34(43)40-37(32)44/h3-14,20-21,32,42H,1-2,15-19,22H2,(H,40,43,44). The number of benzene rings is 4. The number of carbonyl (C=O) groups is 3. The second-order valence-electron chi connectivity index (χ2n) is 12.0. The zero-order valence-corrected chi connectivity index (χ0v) is 28.8. The first-order chi connectivity index (χ1) is 23.8. The Bertz CT molecular complexity index is 2030. The van der Waals surface area contributed by atoms with Crippen molar-refractivity contribution >= 4 is 55.1 Å². The molecule has 0 saturated carbocycles. The van der Waals surface area contributed by atoms with Gasteiger partial charge in [0.15, 0.2) is 5.75 Å². The van der Waals surface area contributed by atoms with Crippen LogP contribution in [-0.2, 0) is 27.3 Å². The van der Waals surface area contributed by atoms with Gasteiger partial charge in [0.05, 0.1) is 11.5 Å². The Morgan fingerprint density at radius 1 is 0.898 bits per heavy atom. The van der Waals surface area contributed by atoms with Crippen LogP contribution in [0, 0.1) is 0 Å². The predicted molar refractivity (Wildman–Crippen MR) is 190 cm³/mol. The van der Waals surface area contributed by atoms with E-state index in [1.807, 2.05) is 72.8 Å². The van der Waals surface area contributed by atoms with Crippen LogP contribution in [0.15, 0.2) is 89.4 Å². The Labute approximate surface area is 295 Å². The van der Waals surface area contributed by atoms with Gasteiger partial charge in [-0.1, -0.05) is 40.2 Å². The highest BCUT2D eigenvalue weighted by Crippen LogP contribution is 2.47. The molecule has 49 heavy (non-hydrogen) atoms. The molecule has 1 unspecified atom stereocenters. The second kappa shape index (κ2) is 14.4. The van der Waals surface area contributed by atoms with Crippen molar-refractivity contribution in [3.05, 3.63) is 106 Å². The maximum atomic E-state index is 12.9. The molecule has 11 heteroatoms. The van der Waals surface area contributed by atoms with Crippen molar-refractivity contribution in [2.45, 2.75) is 38.3 Å². The van der Waals surface area contributed by atoms with Crippen LogP contribution in [0.25, 0.3) is 20.5 Å². The highest BCUT2D eigenvalue weighted by Gasteiger charge is 2.39. The largest absolute Gasteiger partial charge is 0.508 e. The number of phenols is 1. The maximum Gasteiger partial charge on any atom is 0.255 e. The lowest BCUT2D eigenvalue weighted by Crippen LogP contribution is -2.52. The Balaban J connectivity index is 0.866. The number of nitrogens with one attached hydrogen (secondary N) is 1. The topological polar surface area (TPSA) is 114 Å². The lowest BCUT2D eigenvalue weighted by Gasteiger charge is -2.29. The molecule has 0 radical (unpaired) electrons. The summed E-state index contributed by atoms with van der Waals surface area (Å²) in [6, 6.07) is 26.1. The van der Waals surface area contributed by atoms with Gasteiger partial charge in [-0.25, -0.2) is 0 Å². The molecule has 7 rings (SSSR count). The van der Waals surface area contributed by atoms with Gasteiger partial charge in [0.1, 0.15) is 29.9 Å². The van der Waals surface area contributed by atoms with Gasteiger partial charge in [-0.05, 0) is 96.6 Å². The highest BCUT2D eigenvalue weighted by molar-refractivity contribution is 9.10. The third kappa shape index (κ3) is 7.34. The number of thiophene rings is 1. The van der Waals surface area contributed by atoms with Crippen molar-refractivity contribution in [3.8, 4) is 33.4 Å². The number of hydrogen-bond acceptors (Lipinski definition) is 8. The number of nitrogens with zero attached hydrogens (tertiary/aromatic N) is 1. The van der Waals surface area contributed by atoms with Gasteiger partial charge in [0.2, 0.25) is 11.8 Å². The fraction of sp³-hybridized carbons (Fsp3) is 0.237. The zero-order valence-electron chi connectivity index (χ0n) is 26.4. The van der Waals surface area contributed by atoms with Crippen molar-refractivity contribution in [2.24, 2.45) is 0 Å². The van der Waals surface area contributed by atoms with Crippen LogP contribution in [0.4, 0.5) is 0 Å². The molecule has 1 fully saturated rings. The van der Waals surface area contributed by atoms with E-state index in [1.165, 1.54) is 0 Å². The van der Waals surface area contributed by atoms with Crippen LogP contribution in [-0.4, -0.2) is 53.6 Å². The van der Waals surface area contributed by atoms with E-state index >= 15 is 0 Å². The van der Waals surface area contributed by atoms with E-state index in [-0.39, 0.29) is 24.0 Å². The molecule has 0 spiro atoms. The average Bonchev–Trinajstić information content (AvgIpc) is 3.61. The van der Waals surface area contributed by atoms with Crippen molar-refractivity contribution in [1.82, 2.24) is 10.2 Å². The van der Waals surface area contributed by atoms with Crippen molar-refractivity contribution in [1.29, 1.82) is 0 Å². The Morgan fingerprint density at radius 3 is 2.49 bits per heavy atom. The molecule has 1 saturated heterocycles. The molecule has 4 aromatic carbocycles. The van der Waals surface area contributed by atoms with E-state index in [2.05, 4.69) is 21.2 Å². The Morgan fingerprint density at radius 2 is 1.69 bits per heavy atom. The van der Waals surface area contributed by atoms with E-state index in [1.54, 1.807) is 28.4 Å². The Kier molecular flexibility index (Phi) is 9.65. The van der Waals surface area contributed by atoms with Crippen molar-refractivity contribution in [2.75, 3.05) is 19.8 Å². The number of ether oxygens (including phenoxy) is 3. The van der Waals surface area contributed by atoms with Gasteiger partial charge in [-0.15, -0.1) is 11.3 Å². The monoisotopic (exact) mass is 740 g/mol. The number of imide groups is 1. The number of halogens is 1. The number of hydrogen-bond donors (Lipinski definition) is 2. The summed E-state index contributed by atoms with van der Waals surface area (Å²) < 4.78 is 20.0. The molecule has 1 atom stereocenters. The summed E-state index contributed by atoms with van der Waals surface area (Å²) in [5, 5.41) is 13.3. The molecule has 0 bridgehead atoms. The van der Waals surface area contributed by atoms with Crippen molar-refractivity contribution < 1.29 is 33.7 Å². The number of amides is 3. The molecule has 250 valence electrons. The van der Waals surface area contributed by atoms with E-state index in [4.69, 9.17) is 14.2 Å². The summed E-state index contributed by atoms with van der Waals surface area (Å²) in [7, 11) is 0. The first-order valence-corrected chi connectivity index (χ1v) is 17.7. The molecule has 9 nitrogen and oxygen atoms in total. The maximum absolute atomic E-state index is 12.9. The summed E-state index contributed by atoms with van der Waals surface area (Å²) in [6.45, 7) is 1.80. The molecule has 2 aliphatic rings. The highest BCUT2D eigenvalue weighted by atomic mass is 79.9. The fourth-order valence-electron chi connectivity index (χ4n) is 6.16. The van der Waals surface area contributed by atoms with Gasteiger partial charge < -0.3 is 24.2 Å². The lowest BCUT2D eigenvalue weighted by molar-refractivity contribution is -0.136. The molecule has 5 aromatic rings. The number of rotatable bonds is 12. The first kappa shape index (κ1) is 32.8. The molecule has 2 N–H and O–H groups in total. The molecule has 3 amide bonds. The number of aryl methyl sites for hydroxylation is 1. The lowest BCUT2D eigenvalue weighted by atomic mass is 10.0. The number of fused-ring (bicyclic) bond motifs is 2. The SMILES string of the molecule is O=C1CCC(N2Cc3cc(CCCOCCOc4ccc(Oc5c(-c6ccc(Br)cc6)sc6cc(O)ccc56)cc4)ccc3C2=O)C(=O)N1. The summed E-state index contributed by atoms with van der Waals surface area (Å²) in [4.78, 5) is 39.3. The van der Waals surface area contributed by atoms with Gasteiger partial charge in [-0.2, -0.15) is 0 Å². The van der Waals surface area contributed by atoms with E-state index in [0.29, 0.717) is 49.8 Å². The summed E-state index contributed by atoms with van der Waals surface area (Å²) in [6.07, 6.45) is 2.21. The van der Waals surface area contributed by atoms with Crippen LogP contribution < -0.4 is 14.8 Å². The van der Waals surface area contributed by atoms with E-state index in [0.717, 1.165) is 54.7 Å². The first-order valence-electron chi connectivity index (χ1n) is 16.1. The summed E-state index contributed by atoms with van der Waals surface area (Å²) in [5.41, 5.74) is 3.66. The zero-order chi connectivity index (χ0) is 33.9. The number of phenolic OH excluding ortho intramolecular Hbond substituents is 1. The predicted octanol–water partition coefficient (Wildman–Crippen LogP) is 7.62. The van der Waals surface area contributed by atoms with Gasteiger partial charge in [0, 0.05) is 39.7 Å². The third-order valence-corrected chi connectivity index (χ3v) is 10.3. The molecule has 2 aliphatic heterocycles. The van der Waals surface area contributed by atoms with Gasteiger partial charge >= 0.3 is 0 Å². The average molecular weight is 742 g/mol. The molecular weight excluding hydrogens is 708 g/mol. The summed E-state index contributed by atoms with van der Waals surface area (Å²) >= 11 is 5.07. The van der Waals surface area contributed by atoms with Gasteiger partial charge in [-0.3, -0.25) is 19.7 Å². The molecule has 1 aromatic heterocycles.